The summed E-state index contributed by atoms with van der Waals surface area (Å²) in [4.78, 5) is 40.4. The van der Waals surface area contributed by atoms with E-state index in [0.717, 1.165) is 48.7 Å². The number of aromatic nitrogens is 2. The molecule has 0 radical (unpaired) electrons. The number of nitrogens with zero attached hydrogens (tertiary/aromatic N) is 3. The molecule has 0 saturated carbocycles. The number of carbonyl (C=O) groups is 3. The zero-order chi connectivity index (χ0) is 30.0. The molecule has 1 atom stereocenters. The summed E-state index contributed by atoms with van der Waals surface area (Å²) in [7, 11) is 0. The number of esters is 1. The molecule has 2 amide bonds. The number of hydrogen-bond donors (Lipinski definition) is 1. The highest BCUT2D eigenvalue weighted by Gasteiger charge is 2.44. The third-order valence-corrected chi connectivity index (χ3v) is 8.49. The van der Waals surface area contributed by atoms with E-state index in [4.69, 9.17) is 16.3 Å². The molecule has 1 N–H and O–H groups in total. The van der Waals surface area contributed by atoms with Gasteiger partial charge in [-0.1, -0.05) is 23.7 Å². The zero-order valence-corrected chi connectivity index (χ0v) is 24.2. The van der Waals surface area contributed by atoms with E-state index in [1.165, 1.54) is 23.0 Å². The first kappa shape index (κ1) is 30.1. The maximum absolute atomic E-state index is 13.6. The number of hydrogen-bond acceptors (Lipinski definition) is 7. The Morgan fingerprint density at radius 1 is 1.21 bits per heavy atom. The van der Waals surface area contributed by atoms with Gasteiger partial charge in [0.05, 0.1) is 35.3 Å². The molecule has 0 aliphatic carbocycles. The minimum Gasteiger partial charge on any atom is -0.464 e. The van der Waals surface area contributed by atoms with E-state index in [2.05, 4.69) is 10.4 Å². The topological polar surface area (TPSA) is 93.5 Å². The van der Waals surface area contributed by atoms with E-state index in [-0.39, 0.29) is 34.6 Å². The number of thioether (sulfide) groups is 1. The summed E-state index contributed by atoms with van der Waals surface area (Å²) in [6.45, 7) is 3.31. The van der Waals surface area contributed by atoms with E-state index >= 15 is 0 Å². The van der Waals surface area contributed by atoms with Crippen LogP contribution < -0.4 is 5.32 Å². The second-order valence-electron chi connectivity index (χ2n) is 10.2. The molecule has 0 spiro atoms. The number of benzene rings is 2. The van der Waals surface area contributed by atoms with Crippen molar-refractivity contribution in [2.24, 2.45) is 5.92 Å². The fraction of sp³-hybridized carbons (Fsp3) is 0.379. The molecule has 3 aromatic rings. The van der Waals surface area contributed by atoms with E-state index in [0.29, 0.717) is 22.9 Å². The van der Waals surface area contributed by atoms with Gasteiger partial charge in [-0.05, 0) is 98.4 Å². The van der Waals surface area contributed by atoms with Crippen molar-refractivity contribution in [1.29, 1.82) is 0 Å². The monoisotopic (exact) mass is 620 g/mol. The van der Waals surface area contributed by atoms with Crippen molar-refractivity contribution in [1.82, 2.24) is 20.0 Å². The highest BCUT2D eigenvalue weighted by molar-refractivity contribution is 8.18. The van der Waals surface area contributed by atoms with E-state index in [1.54, 1.807) is 31.2 Å². The molecule has 0 bridgehead atoms. The molecule has 2 aliphatic rings. The van der Waals surface area contributed by atoms with Gasteiger partial charge < -0.3 is 10.1 Å². The Morgan fingerprint density at radius 2 is 1.98 bits per heavy atom. The van der Waals surface area contributed by atoms with Crippen LogP contribution >= 0.6 is 23.4 Å². The Balaban J connectivity index is 1.38. The van der Waals surface area contributed by atoms with Crippen LogP contribution in [0.15, 0.2) is 47.5 Å². The minimum atomic E-state index is -4.57. The summed E-state index contributed by atoms with van der Waals surface area (Å²) in [5, 5.41) is 7.64. The lowest BCUT2D eigenvalue weighted by Crippen LogP contribution is -2.46. The third kappa shape index (κ3) is 6.50. The third-order valence-electron chi connectivity index (χ3n) is 7.37. The summed E-state index contributed by atoms with van der Waals surface area (Å²) in [6, 6.07) is 7.75. The molecular formula is C29H28ClF3N4O4S. The fourth-order valence-corrected chi connectivity index (χ4v) is 6.36. The molecule has 222 valence electrons. The van der Waals surface area contributed by atoms with Crippen molar-refractivity contribution >= 4 is 57.5 Å². The number of nitrogens with one attached hydrogen (secondary N) is 1. The molecule has 13 heteroatoms. The first-order chi connectivity index (χ1) is 20.0. The highest BCUT2D eigenvalue weighted by atomic mass is 35.5. The number of alkyl halides is 3. The molecule has 8 nitrogen and oxygen atoms in total. The van der Waals surface area contributed by atoms with Crippen LogP contribution in [0, 0.1) is 5.92 Å². The standard InChI is InChI=1S/C29H28ClF3N4O4S/c1-2-41-27(39)24(12-17-7-9-34-10-8-17)37-26(38)25(42-28(37)40)13-18-3-6-23-20(11-18)15-35-36(23)16-19-4-5-21(30)14-22(19)29(31,32)33/h3-6,11,13-15,17,24,34H,2,7-10,12,16H2,1H3/b25-13-. The number of ether oxygens (including phenoxy) is 1. The number of fused-ring (bicyclic) bond motifs is 1. The molecule has 2 aliphatic heterocycles. The molecule has 1 unspecified atom stereocenters. The first-order valence-electron chi connectivity index (χ1n) is 13.5. The second kappa shape index (κ2) is 12.5. The highest BCUT2D eigenvalue weighted by Crippen LogP contribution is 2.37. The van der Waals surface area contributed by atoms with Crippen molar-refractivity contribution < 1.29 is 32.3 Å². The number of amides is 2. The Labute approximate surface area is 249 Å². The van der Waals surface area contributed by atoms with Crippen LogP contribution in [-0.2, 0) is 27.0 Å². The van der Waals surface area contributed by atoms with Gasteiger partial charge in [-0.2, -0.15) is 18.3 Å². The van der Waals surface area contributed by atoms with Gasteiger partial charge in [-0.3, -0.25) is 19.2 Å². The maximum Gasteiger partial charge on any atom is 0.416 e. The zero-order valence-electron chi connectivity index (χ0n) is 22.6. The lowest BCUT2D eigenvalue weighted by atomic mass is 9.90. The number of halogens is 4. The molecule has 1 aromatic heterocycles. The van der Waals surface area contributed by atoms with Crippen LogP contribution in [0.2, 0.25) is 5.02 Å². The van der Waals surface area contributed by atoms with E-state index in [9.17, 15) is 27.6 Å². The first-order valence-corrected chi connectivity index (χ1v) is 14.7. The van der Waals surface area contributed by atoms with Crippen molar-refractivity contribution in [2.45, 2.75) is 44.9 Å². The second-order valence-corrected chi connectivity index (χ2v) is 11.6. The van der Waals surface area contributed by atoms with Gasteiger partial charge in [-0.25, -0.2) is 4.79 Å². The number of rotatable bonds is 8. The van der Waals surface area contributed by atoms with Crippen molar-refractivity contribution in [3.05, 3.63) is 69.2 Å². The summed E-state index contributed by atoms with van der Waals surface area (Å²) in [5.74, 6) is -0.976. The Morgan fingerprint density at radius 3 is 2.69 bits per heavy atom. The average Bonchev–Trinajstić information content (AvgIpc) is 3.47. The van der Waals surface area contributed by atoms with Crippen molar-refractivity contribution in [3.8, 4) is 0 Å². The molecule has 3 heterocycles. The quantitative estimate of drug-likeness (QED) is 0.240. The number of carbonyl (C=O) groups excluding carboxylic acids is 3. The van der Waals surface area contributed by atoms with Crippen LogP contribution in [-0.4, -0.2) is 57.5 Å². The van der Waals surface area contributed by atoms with Gasteiger partial charge in [0, 0.05) is 10.4 Å². The van der Waals surface area contributed by atoms with Crippen LogP contribution in [0.4, 0.5) is 18.0 Å². The summed E-state index contributed by atoms with van der Waals surface area (Å²) >= 11 is 6.56. The Bertz CT molecular complexity index is 1550. The van der Waals surface area contributed by atoms with Crippen molar-refractivity contribution in [3.63, 3.8) is 0 Å². The molecule has 42 heavy (non-hydrogen) atoms. The summed E-state index contributed by atoms with van der Waals surface area (Å²) in [5.41, 5.74) is 0.385. The van der Waals surface area contributed by atoms with Gasteiger partial charge in [0.25, 0.3) is 11.1 Å². The smallest absolute Gasteiger partial charge is 0.416 e. The van der Waals surface area contributed by atoms with Crippen molar-refractivity contribution in [2.75, 3.05) is 19.7 Å². The maximum atomic E-state index is 13.6. The molecule has 5 rings (SSSR count). The fourth-order valence-electron chi connectivity index (χ4n) is 5.31. The van der Waals surface area contributed by atoms with Crippen LogP contribution in [0.1, 0.15) is 42.9 Å². The molecule has 2 fully saturated rings. The van der Waals surface area contributed by atoms with Gasteiger partial charge in [0.1, 0.15) is 6.04 Å². The van der Waals surface area contributed by atoms with E-state index in [1.807, 2.05) is 0 Å². The van der Waals surface area contributed by atoms with Gasteiger partial charge in [0.2, 0.25) is 0 Å². The largest absolute Gasteiger partial charge is 0.464 e. The molecule has 2 saturated heterocycles. The molecular weight excluding hydrogens is 593 g/mol. The average molecular weight is 621 g/mol. The van der Waals surface area contributed by atoms with Gasteiger partial charge >= 0.3 is 12.1 Å². The number of imide groups is 1. The number of piperidine rings is 1. The normalized spacial score (nSPS) is 18.3. The lowest BCUT2D eigenvalue weighted by molar-refractivity contribution is -0.152. The van der Waals surface area contributed by atoms with Gasteiger partial charge in [-0.15, -0.1) is 0 Å². The van der Waals surface area contributed by atoms with Crippen LogP contribution in [0.3, 0.4) is 0 Å². The minimum absolute atomic E-state index is 0.00897. The molecule has 2 aromatic carbocycles. The van der Waals surface area contributed by atoms with E-state index < -0.39 is 34.9 Å². The SMILES string of the molecule is CCOC(=O)C(CC1CCNCC1)N1C(=O)S/C(=C\c2ccc3c(cnn3Cc3ccc(Cl)cc3C(F)(F)F)c2)C1=O. The Hall–Kier alpha value is -3.35. The lowest BCUT2D eigenvalue weighted by Gasteiger charge is -2.29. The van der Waals surface area contributed by atoms with Crippen LogP contribution in [0.25, 0.3) is 17.0 Å². The summed E-state index contributed by atoms with van der Waals surface area (Å²) in [6.07, 6.45) is 0.545. The predicted molar refractivity (Wildman–Crippen MR) is 154 cm³/mol. The summed E-state index contributed by atoms with van der Waals surface area (Å²) < 4.78 is 47.4. The predicted octanol–water partition coefficient (Wildman–Crippen LogP) is 6.11. The van der Waals surface area contributed by atoms with Crippen LogP contribution in [0.5, 0.6) is 0 Å². The Kier molecular flexibility index (Phi) is 8.95. The van der Waals surface area contributed by atoms with Gasteiger partial charge in [0.15, 0.2) is 0 Å².